The van der Waals surface area contributed by atoms with Gasteiger partial charge in [-0.15, -0.1) is 0 Å². The molecule has 1 aromatic rings. The Hall–Kier alpha value is -1.39. The summed E-state index contributed by atoms with van der Waals surface area (Å²) >= 11 is 0. The van der Waals surface area contributed by atoms with Crippen LogP contribution in [0.5, 0.6) is 0 Å². The molecule has 0 aliphatic carbocycles. The Balaban J connectivity index is 0.000000225. The van der Waals surface area contributed by atoms with E-state index in [1.54, 1.807) is 0 Å². The minimum Gasteiger partial charge on any atom is -0.481 e. The van der Waals surface area contributed by atoms with Gasteiger partial charge >= 0.3 is 5.97 Å². The molecule has 0 radical (unpaired) electrons. The van der Waals surface area contributed by atoms with Crippen molar-refractivity contribution < 1.29 is 14.6 Å². The molecule has 0 amide bonds. The van der Waals surface area contributed by atoms with Crippen molar-refractivity contribution in [2.45, 2.75) is 59.6 Å². The lowest BCUT2D eigenvalue weighted by Crippen LogP contribution is -2.13. The van der Waals surface area contributed by atoms with E-state index in [2.05, 4.69) is 39.0 Å². The molecule has 3 N–H and O–H groups in total. The largest absolute Gasteiger partial charge is 0.481 e. The third-order valence-electron chi connectivity index (χ3n) is 3.67. The highest BCUT2D eigenvalue weighted by molar-refractivity contribution is 5.66. The molecule has 0 saturated heterocycles. The minimum atomic E-state index is -0.691. The summed E-state index contributed by atoms with van der Waals surface area (Å²) in [5.41, 5.74) is 9.84. The van der Waals surface area contributed by atoms with Crippen LogP contribution < -0.4 is 5.73 Å². The smallest absolute Gasteiger partial charge is 0.303 e. The number of hydrogen-bond donors (Lipinski definition) is 2. The van der Waals surface area contributed by atoms with E-state index in [1.165, 1.54) is 16.7 Å². The number of carboxylic acids is 1. The fourth-order valence-electron chi connectivity index (χ4n) is 2.42. The predicted octanol–water partition coefficient (Wildman–Crippen LogP) is 3.51. The Morgan fingerprint density at radius 2 is 2.09 bits per heavy atom. The average molecular weight is 307 g/mol. The van der Waals surface area contributed by atoms with Crippen LogP contribution in [0.4, 0.5) is 0 Å². The Morgan fingerprint density at radius 1 is 1.36 bits per heavy atom. The van der Waals surface area contributed by atoms with E-state index in [1.807, 2.05) is 0 Å². The van der Waals surface area contributed by atoms with Gasteiger partial charge in [-0.25, -0.2) is 0 Å². The molecule has 0 saturated carbocycles. The van der Waals surface area contributed by atoms with Gasteiger partial charge in [-0.2, -0.15) is 0 Å². The first-order valence-electron chi connectivity index (χ1n) is 7.93. The first-order valence-corrected chi connectivity index (χ1v) is 7.93. The van der Waals surface area contributed by atoms with Crippen molar-refractivity contribution >= 4 is 5.97 Å². The summed E-state index contributed by atoms with van der Waals surface area (Å²) in [5.74, 6) is -0.691. The van der Waals surface area contributed by atoms with Crippen LogP contribution in [0.1, 0.15) is 56.7 Å². The summed E-state index contributed by atoms with van der Waals surface area (Å²) in [4.78, 5) is 10.1. The number of ether oxygens (including phenoxy) is 1. The number of rotatable bonds is 4. The van der Waals surface area contributed by atoms with Crippen molar-refractivity contribution in [3.05, 3.63) is 34.9 Å². The number of hydrogen-bond acceptors (Lipinski definition) is 3. The lowest BCUT2D eigenvalue weighted by Gasteiger charge is -2.18. The van der Waals surface area contributed by atoms with Crippen molar-refractivity contribution in [3.8, 4) is 0 Å². The molecule has 0 bridgehead atoms. The number of carboxylic acid groups (broad SMARTS) is 1. The van der Waals surface area contributed by atoms with Crippen LogP contribution in [-0.2, 0) is 29.1 Å². The molecule has 0 atom stereocenters. The zero-order chi connectivity index (χ0) is 16.6. The fraction of sp³-hybridized carbons (Fsp3) is 0.611. The first-order chi connectivity index (χ1) is 10.3. The summed E-state index contributed by atoms with van der Waals surface area (Å²) in [5, 5.41) is 8.31. The van der Waals surface area contributed by atoms with E-state index in [-0.39, 0.29) is 5.41 Å². The molecule has 0 unspecified atom stereocenters. The number of carbonyl (C=O) groups is 1. The summed E-state index contributed by atoms with van der Waals surface area (Å²) < 4.78 is 5.38. The van der Waals surface area contributed by atoms with Gasteiger partial charge in [-0.3, -0.25) is 4.79 Å². The predicted molar refractivity (Wildman–Crippen MR) is 88.6 cm³/mol. The van der Waals surface area contributed by atoms with Crippen molar-refractivity contribution in [2.24, 2.45) is 11.1 Å². The van der Waals surface area contributed by atoms with Gasteiger partial charge in [0.15, 0.2) is 0 Å². The fourth-order valence-corrected chi connectivity index (χ4v) is 2.42. The van der Waals surface area contributed by atoms with E-state index in [0.717, 1.165) is 32.5 Å². The van der Waals surface area contributed by atoms with Crippen LogP contribution in [0, 0.1) is 5.41 Å². The van der Waals surface area contributed by atoms with Gasteiger partial charge < -0.3 is 15.6 Å². The van der Waals surface area contributed by atoms with Crippen molar-refractivity contribution in [1.29, 1.82) is 0 Å². The summed E-state index contributed by atoms with van der Waals surface area (Å²) in [6.07, 6.45) is 3.11. The van der Waals surface area contributed by atoms with Crippen LogP contribution in [0.25, 0.3) is 0 Å². The van der Waals surface area contributed by atoms with Gasteiger partial charge in [0.1, 0.15) is 0 Å². The van der Waals surface area contributed by atoms with E-state index in [9.17, 15) is 4.79 Å². The second kappa shape index (κ2) is 8.91. The van der Waals surface area contributed by atoms with Crippen molar-refractivity contribution in [3.63, 3.8) is 0 Å². The highest BCUT2D eigenvalue weighted by Gasteiger charge is 2.11. The zero-order valence-corrected chi connectivity index (χ0v) is 14.0. The molecule has 0 spiro atoms. The molecule has 1 aliphatic rings. The Bertz CT molecular complexity index is 463. The Morgan fingerprint density at radius 3 is 2.68 bits per heavy atom. The molecule has 2 rings (SSSR count). The van der Waals surface area contributed by atoms with Crippen molar-refractivity contribution in [2.75, 3.05) is 6.61 Å². The summed E-state index contributed by atoms with van der Waals surface area (Å²) in [6, 6.07) is 6.32. The van der Waals surface area contributed by atoms with Gasteiger partial charge in [0, 0.05) is 13.0 Å². The van der Waals surface area contributed by atoms with E-state index >= 15 is 0 Å². The van der Waals surface area contributed by atoms with Gasteiger partial charge in [0.05, 0.1) is 13.2 Å². The number of nitrogens with two attached hydrogens (primary N) is 1. The maximum Gasteiger partial charge on any atom is 0.303 e. The average Bonchev–Trinajstić information content (AvgIpc) is 2.45. The molecule has 0 aromatic heterocycles. The third-order valence-corrected chi connectivity index (χ3v) is 3.67. The molecule has 1 aliphatic heterocycles. The summed E-state index contributed by atoms with van der Waals surface area (Å²) in [6.45, 7) is 8.56. The molecular weight excluding hydrogens is 278 g/mol. The molecule has 1 heterocycles. The molecule has 1 aromatic carbocycles. The van der Waals surface area contributed by atoms with E-state index < -0.39 is 5.97 Å². The van der Waals surface area contributed by atoms with Gasteiger partial charge in [-0.05, 0) is 41.4 Å². The lowest BCUT2D eigenvalue weighted by molar-refractivity contribution is -0.137. The molecule has 0 fully saturated rings. The van der Waals surface area contributed by atoms with Crippen LogP contribution in [-0.4, -0.2) is 17.7 Å². The molecule has 22 heavy (non-hydrogen) atoms. The second-order valence-electron chi connectivity index (χ2n) is 6.87. The summed E-state index contributed by atoms with van der Waals surface area (Å²) in [7, 11) is 0. The van der Waals surface area contributed by atoms with Crippen molar-refractivity contribution in [1.82, 2.24) is 0 Å². The van der Waals surface area contributed by atoms with Gasteiger partial charge in [-0.1, -0.05) is 39.0 Å². The maximum absolute atomic E-state index is 10.1. The van der Waals surface area contributed by atoms with E-state index in [0.29, 0.717) is 13.0 Å². The maximum atomic E-state index is 10.1. The normalized spacial score (nSPS) is 13.8. The third kappa shape index (κ3) is 7.05. The Labute approximate surface area is 133 Å². The monoisotopic (exact) mass is 307 g/mol. The zero-order valence-electron chi connectivity index (χ0n) is 14.0. The van der Waals surface area contributed by atoms with Gasteiger partial charge in [0.2, 0.25) is 0 Å². The highest BCUT2D eigenvalue weighted by Crippen LogP contribution is 2.21. The molecular formula is C18H29NO3. The molecule has 124 valence electrons. The van der Waals surface area contributed by atoms with Crippen LogP contribution >= 0.6 is 0 Å². The molecule has 4 nitrogen and oxygen atoms in total. The topological polar surface area (TPSA) is 72.5 Å². The number of benzene rings is 1. The lowest BCUT2D eigenvalue weighted by atomic mass is 9.90. The Kier molecular flexibility index (Phi) is 7.56. The van der Waals surface area contributed by atoms with Crippen LogP contribution in [0.15, 0.2) is 18.2 Å². The first kappa shape index (κ1) is 18.7. The number of aliphatic carboxylic acids is 1. The number of fused-ring (bicyclic) bond motifs is 1. The quantitative estimate of drug-likeness (QED) is 0.893. The minimum absolute atomic E-state index is 0.273. The van der Waals surface area contributed by atoms with Crippen LogP contribution in [0.2, 0.25) is 0 Å². The highest BCUT2D eigenvalue weighted by atomic mass is 16.5. The van der Waals surface area contributed by atoms with Gasteiger partial charge in [0.25, 0.3) is 0 Å². The standard InChI is InChI=1S/C10H13NO.C8H16O2/c11-6-9-3-1-2-8-4-5-12-7-10(8)9;1-8(2,3)6-4-5-7(9)10/h1-3H,4-7,11H2;4-6H2,1-3H3,(H,9,10). The SMILES string of the molecule is CC(C)(C)CCCC(=O)O.NCc1cccc2c1COCC2. The van der Waals surface area contributed by atoms with Crippen LogP contribution in [0.3, 0.4) is 0 Å². The second-order valence-corrected chi connectivity index (χ2v) is 6.87. The molecule has 4 heteroatoms. The van der Waals surface area contributed by atoms with E-state index in [4.69, 9.17) is 15.6 Å².